The Bertz CT molecular complexity index is 114. The quantitative estimate of drug-likeness (QED) is 0.332. The van der Waals surface area contributed by atoms with Crippen molar-refractivity contribution in [3.05, 3.63) is 0 Å². The van der Waals surface area contributed by atoms with Crippen LogP contribution in [0.4, 0.5) is 0 Å². The SMILES string of the molecule is CCCC(=N)OC#N. The number of rotatable bonds is 2. The van der Waals surface area contributed by atoms with E-state index in [-0.39, 0.29) is 5.90 Å². The van der Waals surface area contributed by atoms with Gasteiger partial charge in [-0.05, 0) is 6.42 Å². The molecule has 0 spiro atoms. The van der Waals surface area contributed by atoms with Crippen LogP contribution in [-0.4, -0.2) is 5.90 Å². The normalized spacial score (nSPS) is 7.50. The first-order valence-corrected chi connectivity index (χ1v) is 2.44. The molecule has 0 bridgehead atoms. The Balaban J connectivity index is 3.23. The van der Waals surface area contributed by atoms with Gasteiger partial charge in [-0.3, -0.25) is 5.41 Å². The van der Waals surface area contributed by atoms with Crippen molar-refractivity contribution in [2.24, 2.45) is 0 Å². The maximum atomic E-state index is 7.85. The predicted molar refractivity (Wildman–Crippen MR) is 29.3 cm³/mol. The molecule has 8 heavy (non-hydrogen) atoms. The molecule has 0 amide bonds. The average molecular weight is 112 g/mol. The van der Waals surface area contributed by atoms with Crippen LogP contribution < -0.4 is 0 Å². The van der Waals surface area contributed by atoms with E-state index in [2.05, 4.69) is 4.74 Å². The van der Waals surface area contributed by atoms with Gasteiger partial charge in [0.15, 0.2) is 0 Å². The van der Waals surface area contributed by atoms with Crippen molar-refractivity contribution >= 4 is 5.90 Å². The van der Waals surface area contributed by atoms with Crippen molar-refractivity contribution in [1.82, 2.24) is 0 Å². The Hall–Kier alpha value is -1.04. The van der Waals surface area contributed by atoms with Crippen molar-refractivity contribution < 1.29 is 4.74 Å². The van der Waals surface area contributed by atoms with Gasteiger partial charge in [0.05, 0.1) is 0 Å². The second-order valence-corrected chi connectivity index (χ2v) is 1.37. The molecule has 0 fully saturated rings. The summed E-state index contributed by atoms with van der Waals surface area (Å²) < 4.78 is 4.17. The van der Waals surface area contributed by atoms with Gasteiger partial charge in [0.2, 0.25) is 5.90 Å². The van der Waals surface area contributed by atoms with Crippen LogP contribution >= 0.6 is 0 Å². The number of hydrogen-bond acceptors (Lipinski definition) is 3. The molecule has 0 saturated heterocycles. The maximum absolute atomic E-state index is 7.85. The third kappa shape index (κ3) is 3.16. The first kappa shape index (κ1) is 6.96. The van der Waals surface area contributed by atoms with E-state index in [4.69, 9.17) is 10.7 Å². The molecule has 0 atom stereocenters. The smallest absolute Gasteiger partial charge is 0.293 e. The zero-order valence-electron chi connectivity index (χ0n) is 4.77. The molecule has 0 radical (unpaired) electrons. The van der Waals surface area contributed by atoms with Gasteiger partial charge in [-0.2, -0.15) is 0 Å². The lowest BCUT2D eigenvalue weighted by atomic mass is 10.3. The molecule has 0 aromatic carbocycles. The van der Waals surface area contributed by atoms with E-state index in [9.17, 15) is 0 Å². The fraction of sp³-hybridized carbons (Fsp3) is 0.600. The molecule has 0 aromatic heterocycles. The van der Waals surface area contributed by atoms with Gasteiger partial charge in [0.25, 0.3) is 6.26 Å². The summed E-state index contributed by atoms with van der Waals surface area (Å²) in [7, 11) is 0. The van der Waals surface area contributed by atoms with Gasteiger partial charge in [-0.25, -0.2) is 0 Å². The number of nitriles is 1. The number of ether oxygens (including phenoxy) is 1. The molecule has 0 aromatic rings. The Kier molecular flexibility index (Phi) is 3.59. The first-order chi connectivity index (χ1) is 3.81. The topological polar surface area (TPSA) is 56.9 Å². The van der Waals surface area contributed by atoms with Crippen molar-refractivity contribution in [3.8, 4) is 6.26 Å². The molecule has 0 aliphatic carbocycles. The van der Waals surface area contributed by atoms with E-state index in [1.807, 2.05) is 6.92 Å². The molecular formula is C5H8N2O. The first-order valence-electron chi connectivity index (χ1n) is 2.44. The summed E-state index contributed by atoms with van der Waals surface area (Å²) in [6.07, 6.45) is 2.82. The second-order valence-electron chi connectivity index (χ2n) is 1.37. The number of nitrogens with zero attached hydrogens (tertiary/aromatic N) is 1. The molecule has 44 valence electrons. The van der Waals surface area contributed by atoms with E-state index in [0.717, 1.165) is 6.42 Å². The minimum Gasteiger partial charge on any atom is -0.373 e. The summed E-state index contributed by atoms with van der Waals surface area (Å²) in [5, 5.41) is 14.7. The molecule has 1 N–H and O–H groups in total. The van der Waals surface area contributed by atoms with Crippen LogP contribution in [-0.2, 0) is 4.74 Å². The molecule has 0 heterocycles. The third-order valence-electron chi connectivity index (χ3n) is 0.646. The van der Waals surface area contributed by atoms with E-state index in [1.165, 1.54) is 6.26 Å². The third-order valence-corrected chi connectivity index (χ3v) is 0.646. The van der Waals surface area contributed by atoms with E-state index < -0.39 is 0 Å². The van der Waals surface area contributed by atoms with Crippen LogP contribution in [0, 0.1) is 16.9 Å². The highest BCUT2D eigenvalue weighted by Crippen LogP contribution is 1.88. The summed E-state index contributed by atoms with van der Waals surface area (Å²) in [6, 6.07) is 0. The monoisotopic (exact) mass is 112 g/mol. The molecular weight excluding hydrogens is 104 g/mol. The van der Waals surface area contributed by atoms with Crippen LogP contribution in [0.25, 0.3) is 0 Å². The summed E-state index contributed by atoms with van der Waals surface area (Å²) in [5.41, 5.74) is 0. The highest BCUT2D eigenvalue weighted by Gasteiger charge is 1.91. The lowest BCUT2D eigenvalue weighted by Crippen LogP contribution is -1.95. The molecule has 0 rings (SSSR count). The zero-order valence-corrected chi connectivity index (χ0v) is 4.77. The molecule has 3 nitrogen and oxygen atoms in total. The molecule has 0 aliphatic heterocycles. The minimum atomic E-state index is 0.0509. The van der Waals surface area contributed by atoms with Crippen molar-refractivity contribution in [1.29, 1.82) is 10.7 Å². The van der Waals surface area contributed by atoms with Gasteiger partial charge in [0, 0.05) is 6.42 Å². The van der Waals surface area contributed by atoms with Crippen molar-refractivity contribution in [2.45, 2.75) is 19.8 Å². The van der Waals surface area contributed by atoms with E-state index in [0.29, 0.717) is 6.42 Å². The summed E-state index contributed by atoms with van der Waals surface area (Å²) in [4.78, 5) is 0. The minimum absolute atomic E-state index is 0.0509. The lowest BCUT2D eigenvalue weighted by molar-refractivity contribution is 0.475. The largest absolute Gasteiger partial charge is 0.373 e. The van der Waals surface area contributed by atoms with Gasteiger partial charge in [-0.15, -0.1) is 5.26 Å². The standard InChI is InChI=1S/C5H8N2O/c1-2-3-5(7)8-4-6/h7H,2-3H2,1H3. The fourth-order valence-electron chi connectivity index (χ4n) is 0.333. The number of nitrogens with one attached hydrogen (secondary N) is 1. The van der Waals surface area contributed by atoms with Crippen LogP contribution in [0.15, 0.2) is 0 Å². The highest BCUT2D eigenvalue weighted by atomic mass is 16.5. The molecule has 0 aliphatic rings. The number of hydrogen-bond donors (Lipinski definition) is 1. The predicted octanol–water partition coefficient (Wildman–Crippen LogP) is 1.26. The van der Waals surface area contributed by atoms with Crippen LogP contribution in [0.3, 0.4) is 0 Å². The zero-order chi connectivity index (χ0) is 6.41. The molecule has 0 unspecified atom stereocenters. The maximum Gasteiger partial charge on any atom is 0.293 e. The summed E-state index contributed by atoms with van der Waals surface area (Å²) >= 11 is 0. The van der Waals surface area contributed by atoms with Gasteiger partial charge in [-0.1, -0.05) is 6.92 Å². The Labute approximate surface area is 48.4 Å². The molecule has 3 heteroatoms. The van der Waals surface area contributed by atoms with Gasteiger partial charge in [0.1, 0.15) is 0 Å². The van der Waals surface area contributed by atoms with Crippen LogP contribution in [0.1, 0.15) is 19.8 Å². The molecule has 0 saturated carbocycles. The Morgan fingerprint density at radius 3 is 2.88 bits per heavy atom. The van der Waals surface area contributed by atoms with Crippen molar-refractivity contribution in [3.63, 3.8) is 0 Å². The fourth-order valence-corrected chi connectivity index (χ4v) is 0.333. The summed E-state index contributed by atoms with van der Waals surface area (Å²) in [5.74, 6) is 0.0509. The average Bonchev–Trinajstić information content (AvgIpc) is 1.68. The Morgan fingerprint density at radius 1 is 1.88 bits per heavy atom. The van der Waals surface area contributed by atoms with Gasteiger partial charge < -0.3 is 4.74 Å². The second kappa shape index (κ2) is 4.13. The highest BCUT2D eigenvalue weighted by molar-refractivity contribution is 5.73. The van der Waals surface area contributed by atoms with E-state index in [1.54, 1.807) is 0 Å². The van der Waals surface area contributed by atoms with Gasteiger partial charge >= 0.3 is 0 Å². The van der Waals surface area contributed by atoms with Crippen molar-refractivity contribution in [2.75, 3.05) is 0 Å². The van der Waals surface area contributed by atoms with E-state index >= 15 is 0 Å². The lowest BCUT2D eigenvalue weighted by Gasteiger charge is -1.91. The Morgan fingerprint density at radius 2 is 2.50 bits per heavy atom. The van der Waals surface area contributed by atoms with Crippen LogP contribution in [0.2, 0.25) is 0 Å². The summed E-state index contributed by atoms with van der Waals surface area (Å²) in [6.45, 7) is 1.93. The van der Waals surface area contributed by atoms with Crippen LogP contribution in [0.5, 0.6) is 0 Å².